The molecule has 2 aromatic rings. The highest BCUT2D eigenvalue weighted by Crippen LogP contribution is 2.11. The Morgan fingerprint density at radius 2 is 2.27 bits per heavy atom. The fourth-order valence-electron chi connectivity index (χ4n) is 1.52. The van der Waals surface area contributed by atoms with Gasteiger partial charge >= 0.3 is 0 Å². The molecular formula is C11H14N4. The van der Waals surface area contributed by atoms with Crippen molar-refractivity contribution in [1.29, 1.82) is 0 Å². The summed E-state index contributed by atoms with van der Waals surface area (Å²) >= 11 is 0. The second-order valence-corrected chi connectivity index (χ2v) is 3.43. The van der Waals surface area contributed by atoms with Gasteiger partial charge in [-0.1, -0.05) is 6.07 Å². The molecule has 4 heteroatoms. The predicted octanol–water partition coefficient (Wildman–Crippen LogP) is 1.08. The van der Waals surface area contributed by atoms with Crippen molar-refractivity contribution < 1.29 is 0 Å². The van der Waals surface area contributed by atoms with Crippen molar-refractivity contribution in [3.05, 3.63) is 41.9 Å². The summed E-state index contributed by atoms with van der Waals surface area (Å²) in [6.07, 6.45) is 4.51. The Hall–Kier alpha value is -1.68. The van der Waals surface area contributed by atoms with Gasteiger partial charge in [0.15, 0.2) is 5.82 Å². The number of pyridine rings is 1. The Kier molecular flexibility index (Phi) is 2.78. The van der Waals surface area contributed by atoms with Gasteiger partial charge in [0.2, 0.25) is 0 Å². The number of rotatable bonds is 3. The van der Waals surface area contributed by atoms with E-state index in [1.165, 1.54) is 0 Å². The summed E-state index contributed by atoms with van der Waals surface area (Å²) in [6, 6.07) is 5.91. The van der Waals surface area contributed by atoms with E-state index in [0.29, 0.717) is 6.54 Å². The molecule has 0 aliphatic rings. The van der Waals surface area contributed by atoms with Crippen LogP contribution in [0.15, 0.2) is 30.6 Å². The summed E-state index contributed by atoms with van der Waals surface area (Å²) in [4.78, 5) is 4.33. The van der Waals surface area contributed by atoms with Crippen molar-refractivity contribution in [1.82, 2.24) is 14.8 Å². The molecule has 0 aromatic carbocycles. The average molecular weight is 202 g/mol. The summed E-state index contributed by atoms with van der Waals surface area (Å²) in [5.41, 5.74) is 7.67. The Morgan fingerprint density at radius 1 is 1.40 bits per heavy atom. The summed E-state index contributed by atoms with van der Waals surface area (Å²) in [7, 11) is 0. The van der Waals surface area contributed by atoms with Crippen LogP contribution >= 0.6 is 0 Å². The largest absolute Gasteiger partial charge is 0.330 e. The van der Waals surface area contributed by atoms with E-state index in [0.717, 1.165) is 23.5 Å². The number of nitrogens with two attached hydrogens (primary N) is 1. The van der Waals surface area contributed by atoms with Gasteiger partial charge in [-0.15, -0.1) is 0 Å². The van der Waals surface area contributed by atoms with Crippen molar-refractivity contribution in [3.8, 4) is 5.82 Å². The highest BCUT2D eigenvalue weighted by atomic mass is 15.3. The first-order chi connectivity index (χ1) is 7.31. The smallest absolute Gasteiger partial charge is 0.156 e. The first-order valence-electron chi connectivity index (χ1n) is 4.98. The van der Waals surface area contributed by atoms with Gasteiger partial charge in [-0.2, -0.15) is 5.10 Å². The number of hydrogen-bond donors (Lipinski definition) is 1. The SMILES string of the molecule is Cc1ccn(-c2ncccc2CCN)n1. The minimum atomic E-state index is 0.624. The molecule has 0 aliphatic heterocycles. The Bertz CT molecular complexity index is 447. The van der Waals surface area contributed by atoms with Crippen molar-refractivity contribution in [2.75, 3.05) is 6.54 Å². The van der Waals surface area contributed by atoms with E-state index in [1.54, 1.807) is 10.9 Å². The monoisotopic (exact) mass is 202 g/mol. The molecule has 2 N–H and O–H groups in total. The molecule has 15 heavy (non-hydrogen) atoms. The second kappa shape index (κ2) is 4.23. The number of aryl methyl sites for hydroxylation is 1. The molecule has 78 valence electrons. The first-order valence-corrected chi connectivity index (χ1v) is 4.98. The average Bonchev–Trinajstić information content (AvgIpc) is 2.66. The van der Waals surface area contributed by atoms with Crippen molar-refractivity contribution in [3.63, 3.8) is 0 Å². The molecule has 0 amide bonds. The molecule has 0 saturated heterocycles. The summed E-state index contributed by atoms with van der Waals surface area (Å²) < 4.78 is 1.79. The third kappa shape index (κ3) is 2.05. The summed E-state index contributed by atoms with van der Waals surface area (Å²) in [6.45, 7) is 2.58. The molecule has 0 saturated carbocycles. The molecule has 0 atom stereocenters. The second-order valence-electron chi connectivity index (χ2n) is 3.43. The predicted molar refractivity (Wildman–Crippen MR) is 58.9 cm³/mol. The van der Waals surface area contributed by atoms with E-state index in [1.807, 2.05) is 31.3 Å². The molecule has 2 rings (SSSR count). The zero-order valence-corrected chi connectivity index (χ0v) is 8.72. The fourth-order valence-corrected chi connectivity index (χ4v) is 1.52. The Morgan fingerprint density at radius 3 is 2.93 bits per heavy atom. The molecule has 0 unspecified atom stereocenters. The van der Waals surface area contributed by atoms with Crippen molar-refractivity contribution in [2.24, 2.45) is 5.73 Å². The van der Waals surface area contributed by atoms with E-state index in [-0.39, 0.29) is 0 Å². The van der Waals surface area contributed by atoms with Gasteiger partial charge < -0.3 is 5.73 Å². The highest BCUT2D eigenvalue weighted by Gasteiger charge is 2.05. The molecule has 0 fully saturated rings. The van der Waals surface area contributed by atoms with Gasteiger partial charge in [0, 0.05) is 12.4 Å². The van der Waals surface area contributed by atoms with Crippen LogP contribution in [-0.4, -0.2) is 21.3 Å². The maximum absolute atomic E-state index is 5.56. The van der Waals surface area contributed by atoms with Crippen LogP contribution in [0.3, 0.4) is 0 Å². The molecule has 0 spiro atoms. The quantitative estimate of drug-likeness (QED) is 0.810. The minimum Gasteiger partial charge on any atom is -0.330 e. The number of nitrogens with zero attached hydrogens (tertiary/aromatic N) is 3. The van der Waals surface area contributed by atoms with Crippen molar-refractivity contribution in [2.45, 2.75) is 13.3 Å². The maximum atomic E-state index is 5.56. The standard InChI is InChI=1S/C11H14N4/c1-9-5-8-15(14-9)11-10(4-6-12)3-2-7-13-11/h2-3,5,7-8H,4,6,12H2,1H3. The van der Waals surface area contributed by atoms with E-state index in [2.05, 4.69) is 10.1 Å². The van der Waals surface area contributed by atoms with Gasteiger partial charge in [-0.25, -0.2) is 9.67 Å². The number of hydrogen-bond acceptors (Lipinski definition) is 3. The molecule has 2 aromatic heterocycles. The highest BCUT2D eigenvalue weighted by molar-refractivity contribution is 5.33. The molecular weight excluding hydrogens is 188 g/mol. The lowest BCUT2D eigenvalue weighted by molar-refractivity contribution is 0.807. The first kappa shape index (κ1) is 9.86. The topological polar surface area (TPSA) is 56.7 Å². The third-order valence-electron chi connectivity index (χ3n) is 2.22. The van der Waals surface area contributed by atoms with E-state index in [9.17, 15) is 0 Å². The van der Waals surface area contributed by atoms with E-state index < -0.39 is 0 Å². The lowest BCUT2D eigenvalue weighted by atomic mass is 10.2. The van der Waals surface area contributed by atoms with E-state index >= 15 is 0 Å². The molecule has 0 aliphatic carbocycles. The van der Waals surface area contributed by atoms with Crippen LogP contribution in [0.4, 0.5) is 0 Å². The van der Waals surface area contributed by atoms with Crippen LogP contribution in [-0.2, 0) is 6.42 Å². The summed E-state index contributed by atoms with van der Waals surface area (Å²) in [5, 5.41) is 4.34. The Labute approximate surface area is 88.8 Å². The molecule has 2 heterocycles. The van der Waals surface area contributed by atoms with Crippen LogP contribution in [0.1, 0.15) is 11.3 Å². The molecule has 4 nitrogen and oxygen atoms in total. The summed E-state index contributed by atoms with van der Waals surface area (Å²) in [5.74, 6) is 0.871. The van der Waals surface area contributed by atoms with Gasteiger partial charge in [0.05, 0.1) is 5.69 Å². The lowest BCUT2D eigenvalue weighted by Gasteiger charge is -2.06. The zero-order chi connectivity index (χ0) is 10.7. The molecule has 0 radical (unpaired) electrons. The van der Waals surface area contributed by atoms with Crippen LogP contribution < -0.4 is 5.73 Å². The van der Waals surface area contributed by atoms with Crippen molar-refractivity contribution >= 4 is 0 Å². The lowest BCUT2D eigenvalue weighted by Crippen LogP contribution is -2.08. The maximum Gasteiger partial charge on any atom is 0.156 e. The molecule has 0 bridgehead atoms. The minimum absolute atomic E-state index is 0.624. The Balaban J connectivity index is 2.42. The van der Waals surface area contributed by atoms with E-state index in [4.69, 9.17) is 5.73 Å². The van der Waals surface area contributed by atoms with Gasteiger partial charge in [0.25, 0.3) is 0 Å². The van der Waals surface area contributed by atoms with Gasteiger partial charge in [0.1, 0.15) is 0 Å². The number of aromatic nitrogens is 3. The van der Waals surface area contributed by atoms with Gasteiger partial charge in [-0.05, 0) is 37.6 Å². The van der Waals surface area contributed by atoms with Crippen LogP contribution in [0.2, 0.25) is 0 Å². The van der Waals surface area contributed by atoms with Crippen LogP contribution in [0.25, 0.3) is 5.82 Å². The van der Waals surface area contributed by atoms with Gasteiger partial charge in [-0.3, -0.25) is 0 Å². The van der Waals surface area contributed by atoms with Crippen LogP contribution in [0.5, 0.6) is 0 Å². The normalized spacial score (nSPS) is 10.5. The third-order valence-corrected chi connectivity index (χ3v) is 2.22. The fraction of sp³-hybridized carbons (Fsp3) is 0.273. The zero-order valence-electron chi connectivity index (χ0n) is 8.72. The van der Waals surface area contributed by atoms with Crippen LogP contribution in [0, 0.1) is 6.92 Å².